The van der Waals surface area contributed by atoms with Gasteiger partial charge in [0.1, 0.15) is 0 Å². The van der Waals surface area contributed by atoms with Gasteiger partial charge in [-0.15, -0.1) is 11.3 Å². The number of Topliss-reactive ketones (excluding diaryl/α,β-unsaturated/α-hetero) is 1. The molecule has 0 aromatic carbocycles. The molecule has 0 bridgehead atoms. The van der Waals surface area contributed by atoms with Gasteiger partial charge in [0.15, 0.2) is 5.78 Å². The van der Waals surface area contributed by atoms with Crippen LogP contribution in [0.5, 0.6) is 0 Å². The van der Waals surface area contributed by atoms with E-state index in [1.807, 2.05) is 17.5 Å². The number of rotatable bonds is 7. The summed E-state index contributed by atoms with van der Waals surface area (Å²) in [6.45, 7) is 7.49. The normalized spacial score (nSPS) is 10.9. The van der Waals surface area contributed by atoms with Crippen LogP contribution in [0, 0.1) is 0 Å². The van der Waals surface area contributed by atoms with E-state index in [0.29, 0.717) is 6.42 Å². The molecule has 15 heavy (non-hydrogen) atoms. The molecule has 84 valence electrons. The largest absolute Gasteiger partial charge is 0.304 e. The summed E-state index contributed by atoms with van der Waals surface area (Å²) in [7, 11) is 0. The maximum atomic E-state index is 11.7. The average molecular weight is 225 g/mol. The zero-order valence-corrected chi connectivity index (χ0v) is 10.3. The maximum Gasteiger partial charge on any atom is 0.172 e. The second kappa shape index (κ2) is 6.75. The van der Waals surface area contributed by atoms with Gasteiger partial charge in [-0.2, -0.15) is 0 Å². The highest BCUT2D eigenvalue weighted by Crippen LogP contribution is 2.12. The minimum atomic E-state index is 0.289. The van der Waals surface area contributed by atoms with Crippen LogP contribution in [0.15, 0.2) is 17.5 Å². The van der Waals surface area contributed by atoms with Crippen molar-refractivity contribution in [3.05, 3.63) is 22.4 Å². The molecule has 1 aromatic rings. The molecule has 0 saturated heterocycles. The minimum absolute atomic E-state index is 0.289. The van der Waals surface area contributed by atoms with E-state index in [0.717, 1.165) is 30.9 Å². The van der Waals surface area contributed by atoms with Crippen molar-refractivity contribution in [3.8, 4) is 0 Å². The van der Waals surface area contributed by atoms with E-state index in [1.165, 1.54) is 11.3 Å². The van der Waals surface area contributed by atoms with Crippen LogP contribution in [0.2, 0.25) is 0 Å². The highest BCUT2D eigenvalue weighted by Gasteiger charge is 2.07. The fourth-order valence-electron chi connectivity index (χ4n) is 1.56. The van der Waals surface area contributed by atoms with E-state index in [1.54, 1.807) is 0 Å². The van der Waals surface area contributed by atoms with Gasteiger partial charge in [0.05, 0.1) is 4.88 Å². The molecule has 1 rings (SSSR count). The van der Waals surface area contributed by atoms with Crippen molar-refractivity contribution < 1.29 is 4.79 Å². The summed E-state index contributed by atoms with van der Waals surface area (Å²) < 4.78 is 0. The van der Waals surface area contributed by atoms with Crippen molar-refractivity contribution in [1.29, 1.82) is 0 Å². The SMILES string of the molecule is CCN(CC)CCCC(=O)c1cccs1. The Bertz CT molecular complexity index is 278. The van der Waals surface area contributed by atoms with E-state index in [9.17, 15) is 4.79 Å². The summed E-state index contributed by atoms with van der Waals surface area (Å²) in [5.74, 6) is 0.289. The molecular formula is C12H19NOS. The fourth-order valence-corrected chi connectivity index (χ4v) is 2.26. The van der Waals surface area contributed by atoms with Gasteiger partial charge in [-0.1, -0.05) is 19.9 Å². The Morgan fingerprint density at radius 3 is 2.67 bits per heavy atom. The fraction of sp³-hybridized carbons (Fsp3) is 0.583. The molecule has 0 N–H and O–H groups in total. The minimum Gasteiger partial charge on any atom is -0.304 e. The van der Waals surface area contributed by atoms with Crippen LogP contribution in [0.25, 0.3) is 0 Å². The molecule has 2 nitrogen and oxygen atoms in total. The zero-order valence-electron chi connectivity index (χ0n) is 9.53. The average Bonchev–Trinajstić information content (AvgIpc) is 2.77. The zero-order chi connectivity index (χ0) is 11.1. The van der Waals surface area contributed by atoms with Crippen molar-refractivity contribution in [2.45, 2.75) is 26.7 Å². The molecule has 0 spiro atoms. The number of ketones is 1. The van der Waals surface area contributed by atoms with E-state index in [4.69, 9.17) is 0 Å². The highest BCUT2D eigenvalue weighted by molar-refractivity contribution is 7.12. The first-order chi connectivity index (χ1) is 7.27. The summed E-state index contributed by atoms with van der Waals surface area (Å²) in [4.78, 5) is 14.9. The number of carbonyl (C=O) groups is 1. The summed E-state index contributed by atoms with van der Waals surface area (Å²) >= 11 is 1.54. The van der Waals surface area contributed by atoms with E-state index in [-0.39, 0.29) is 5.78 Å². The van der Waals surface area contributed by atoms with Crippen LogP contribution in [-0.4, -0.2) is 30.3 Å². The Balaban J connectivity index is 2.23. The Kier molecular flexibility index (Phi) is 5.58. The van der Waals surface area contributed by atoms with Gasteiger partial charge in [0.25, 0.3) is 0 Å². The van der Waals surface area contributed by atoms with Crippen LogP contribution < -0.4 is 0 Å². The Labute approximate surface area is 95.9 Å². The summed E-state index contributed by atoms with van der Waals surface area (Å²) in [6, 6.07) is 3.84. The van der Waals surface area contributed by atoms with E-state index >= 15 is 0 Å². The van der Waals surface area contributed by atoms with E-state index < -0.39 is 0 Å². The van der Waals surface area contributed by atoms with Gasteiger partial charge < -0.3 is 4.90 Å². The standard InChI is InChI=1S/C12H19NOS/c1-3-13(4-2)9-5-7-11(14)12-8-6-10-15-12/h6,8,10H,3-5,7,9H2,1-2H3. The van der Waals surface area contributed by atoms with Crippen LogP contribution in [0.3, 0.4) is 0 Å². The van der Waals surface area contributed by atoms with Crippen molar-refractivity contribution in [2.75, 3.05) is 19.6 Å². The summed E-state index contributed by atoms with van der Waals surface area (Å²) in [5.41, 5.74) is 0. The lowest BCUT2D eigenvalue weighted by Gasteiger charge is -2.16. The number of carbonyl (C=O) groups excluding carboxylic acids is 1. The van der Waals surface area contributed by atoms with Crippen LogP contribution in [0.1, 0.15) is 36.4 Å². The Morgan fingerprint density at radius 2 is 2.13 bits per heavy atom. The molecule has 0 saturated carbocycles. The molecule has 1 aromatic heterocycles. The highest BCUT2D eigenvalue weighted by atomic mass is 32.1. The van der Waals surface area contributed by atoms with Crippen molar-refractivity contribution in [3.63, 3.8) is 0 Å². The molecule has 0 amide bonds. The number of thiophene rings is 1. The van der Waals surface area contributed by atoms with Gasteiger partial charge in [-0.05, 0) is 37.5 Å². The molecule has 1 heterocycles. The van der Waals surface area contributed by atoms with Gasteiger partial charge in [0, 0.05) is 6.42 Å². The quantitative estimate of drug-likeness (QED) is 0.665. The topological polar surface area (TPSA) is 20.3 Å². The third kappa shape index (κ3) is 4.14. The van der Waals surface area contributed by atoms with Crippen molar-refractivity contribution in [1.82, 2.24) is 4.90 Å². The first kappa shape index (κ1) is 12.4. The molecule has 0 atom stereocenters. The number of hydrogen-bond acceptors (Lipinski definition) is 3. The lowest BCUT2D eigenvalue weighted by Crippen LogP contribution is -2.24. The molecule has 0 radical (unpaired) electrons. The summed E-state index contributed by atoms with van der Waals surface area (Å²) in [5, 5.41) is 1.96. The molecular weight excluding hydrogens is 206 g/mol. The molecule has 0 unspecified atom stereocenters. The third-order valence-corrected chi connectivity index (χ3v) is 3.48. The second-order valence-corrected chi connectivity index (χ2v) is 4.48. The predicted octanol–water partition coefficient (Wildman–Crippen LogP) is 3.05. The van der Waals surface area contributed by atoms with Crippen LogP contribution in [-0.2, 0) is 0 Å². The third-order valence-electron chi connectivity index (χ3n) is 2.57. The first-order valence-electron chi connectivity index (χ1n) is 5.57. The second-order valence-electron chi connectivity index (χ2n) is 3.53. The molecule has 0 aliphatic rings. The van der Waals surface area contributed by atoms with Gasteiger partial charge >= 0.3 is 0 Å². The summed E-state index contributed by atoms with van der Waals surface area (Å²) in [6.07, 6.45) is 1.65. The van der Waals surface area contributed by atoms with Crippen LogP contribution in [0.4, 0.5) is 0 Å². The van der Waals surface area contributed by atoms with Gasteiger partial charge in [-0.25, -0.2) is 0 Å². The number of hydrogen-bond donors (Lipinski definition) is 0. The predicted molar refractivity (Wildman–Crippen MR) is 65.7 cm³/mol. The van der Waals surface area contributed by atoms with Crippen molar-refractivity contribution >= 4 is 17.1 Å². The molecule has 0 fully saturated rings. The number of nitrogens with zero attached hydrogens (tertiary/aromatic N) is 1. The Morgan fingerprint density at radius 1 is 1.40 bits per heavy atom. The smallest absolute Gasteiger partial charge is 0.172 e. The lowest BCUT2D eigenvalue weighted by molar-refractivity contribution is 0.0979. The molecule has 3 heteroatoms. The Hall–Kier alpha value is -0.670. The lowest BCUT2D eigenvalue weighted by atomic mass is 10.2. The molecule has 0 aliphatic carbocycles. The monoisotopic (exact) mass is 225 g/mol. The molecule has 0 aliphatic heterocycles. The van der Waals surface area contributed by atoms with Crippen LogP contribution >= 0.6 is 11.3 Å². The maximum absolute atomic E-state index is 11.7. The van der Waals surface area contributed by atoms with E-state index in [2.05, 4.69) is 18.7 Å². The van der Waals surface area contributed by atoms with Gasteiger partial charge in [-0.3, -0.25) is 4.79 Å². The van der Waals surface area contributed by atoms with Gasteiger partial charge in [0.2, 0.25) is 0 Å². The van der Waals surface area contributed by atoms with Crippen molar-refractivity contribution in [2.24, 2.45) is 0 Å². The first-order valence-corrected chi connectivity index (χ1v) is 6.45.